The molecule has 13 heavy (non-hydrogen) atoms. The maximum Gasteiger partial charge on any atom is 0.342 e. The first-order valence-corrected chi connectivity index (χ1v) is 3.70. The van der Waals surface area contributed by atoms with Crippen LogP contribution in [0.5, 0.6) is 0 Å². The van der Waals surface area contributed by atoms with Crippen molar-refractivity contribution in [3.05, 3.63) is 20.8 Å². The summed E-state index contributed by atoms with van der Waals surface area (Å²) in [4.78, 5) is 23.5. The Labute approximate surface area is 72.8 Å². The second-order valence-corrected chi connectivity index (χ2v) is 2.59. The molecule has 72 valence electrons. The maximum atomic E-state index is 11.0. The summed E-state index contributed by atoms with van der Waals surface area (Å²) in [5.74, 6) is -0.0134. The molecule has 0 amide bonds. The lowest BCUT2D eigenvalue weighted by Gasteiger charge is -2.04. The minimum atomic E-state index is -0.660. The molecule has 1 aromatic heterocycles. The van der Waals surface area contributed by atoms with Gasteiger partial charge in [0.15, 0.2) is 0 Å². The molecular weight excluding hydrogens is 176 g/mol. The topological polar surface area (TPSA) is 111 Å². The molecule has 1 unspecified atom stereocenters. The summed E-state index contributed by atoms with van der Waals surface area (Å²) < 4.78 is 0. The molecule has 0 aliphatic rings. The average Bonchev–Trinajstić information content (AvgIpc) is 2.02. The minimum Gasteiger partial charge on any atom is -0.392 e. The molecule has 1 heterocycles. The number of aliphatic hydroxyl groups excluding tert-OH is 1. The molecule has 1 aromatic rings. The Morgan fingerprint density at radius 3 is 2.85 bits per heavy atom. The summed E-state index contributed by atoms with van der Waals surface area (Å²) in [6.07, 6.45) is -0.590. The molecule has 0 bridgehead atoms. The zero-order valence-corrected chi connectivity index (χ0v) is 7.00. The Bertz CT molecular complexity index is 380. The van der Waals surface area contributed by atoms with Crippen molar-refractivity contribution in [1.29, 1.82) is 0 Å². The molecule has 0 spiro atoms. The van der Waals surface area contributed by atoms with E-state index in [0.29, 0.717) is 0 Å². The molecule has 1 rings (SSSR count). The van der Waals surface area contributed by atoms with Crippen LogP contribution >= 0.6 is 0 Å². The molecular formula is C6H10N4O3. The summed E-state index contributed by atoms with van der Waals surface area (Å²) in [7, 11) is 0. The van der Waals surface area contributed by atoms with Crippen LogP contribution in [0.25, 0.3) is 0 Å². The third-order valence-electron chi connectivity index (χ3n) is 1.28. The van der Waals surface area contributed by atoms with Gasteiger partial charge in [-0.25, -0.2) is 9.89 Å². The van der Waals surface area contributed by atoms with Crippen LogP contribution in [0.2, 0.25) is 0 Å². The van der Waals surface area contributed by atoms with Gasteiger partial charge in [0.2, 0.25) is 5.82 Å². The van der Waals surface area contributed by atoms with Gasteiger partial charge in [-0.2, -0.15) is 0 Å². The highest BCUT2D eigenvalue weighted by Crippen LogP contribution is 1.87. The number of hydrogen-bond donors (Lipinski definition) is 4. The van der Waals surface area contributed by atoms with Crippen molar-refractivity contribution in [2.75, 3.05) is 11.9 Å². The fourth-order valence-electron chi connectivity index (χ4n) is 0.712. The van der Waals surface area contributed by atoms with Gasteiger partial charge in [0.25, 0.3) is 5.56 Å². The molecule has 0 aromatic carbocycles. The predicted octanol–water partition coefficient (Wildman–Crippen LogP) is -1.75. The Kier molecular flexibility index (Phi) is 2.80. The van der Waals surface area contributed by atoms with Gasteiger partial charge in [-0.1, -0.05) is 0 Å². The Morgan fingerprint density at radius 1 is 1.62 bits per heavy atom. The first-order valence-electron chi connectivity index (χ1n) is 3.70. The summed E-state index contributed by atoms with van der Waals surface area (Å²) in [6, 6.07) is 0. The second-order valence-electron chi connectivity index (χ2n) is 2.59. The van der Waals surface area contributed by atoms with Crippen LogP contribution in [-0.2, 0) is 0 Å². The van der Waals surface area contributed by atoms with E-state index in [1.807, 2.05) is 4.98 Å². The molecule has 4 N–H and O–H groups in total. The normalized spacial score (nSPS) is 12.5. The Balaban J connectivity index is 2.79. The first kappa shape index (κ1) is 9.46. The molecule has 0 radical (unpaired) electrons. The fourth-order valence-corrected chi connectivity index (χ4v) is 0.712. The van der Waals surface area contributed by atoms with Gasteiger partial charge in [-0.15, -0.1) is 5.10 Å². The zero-order chi connectivity index (χ0) is 9.84. The van der Waals surface area contributed by atoms with Crippen LogP contribution < -0.4 is 16.6 Å². The van der Waals surface area contributed by atoms with E-state index in [4.69, 9.17) is 5.11 Å². The van der Waals surface area contributed by atoms with E-state index in [0.717, 1.165) is 0 Å². The van der Waals surface area contributed by atoms with Crippen molar-refractivity contribution in [1.82, 2.24) is 15.2 Å². The number of anilines is 1. The summed E-state index contributed by atoms with van der Waals surface area (Å²) in [5, 5.41) is 17.0. The molecule has 0 saturated heterocycles. The van der Waals surface area contributed by atoms with Gasteiger partial charge in [-0.3, -0.25) is 9.78 Å². The third kappa shape index (κ3) is 2.71. The molecule has 0 saturated carbocycles. The quantitative estimate of drug-likeness (QED) is 0.447. The number of rotatable bonds is 3. The highest BCUT2D eigenvalue weighted by atomic mass is 16.3. The van der Waals surface area contributed by atoms with Crippen LogP contribution in [0, 0.1) is 0 Å². The molecule has 0 fully saturated rings. The van der Waals surface area contributed by atoms with Crippen molar-refractivity contribution in [3.8, 4) is 0 Å². The van der Waals surface area contributed by atoms with Crippen LogP contribution in [0.15, 0.2) is 9.59 Å². The highest BCUT2D eigenvalue weighted by Gasteiger charge is 2.02. The molecule has 7 nitrogen and oxygen atoms in total. The largest absolute Gasteiger partial charge is 0.392 e. The van der Waals surface area contributed by atoms with Crippen molar-refractivity contribution in [3.63, 3.8) is 0 Å². The minimum absolute atomic E-state index is 0.0134. The van der Waals surface area contributed by atoms with Crippen LogP contribution in [-0.4, -0.2) is 32.9 Å². The number of aliphatic hydroxyl groups is 1. The van der Waals surface area contributed by atoms with Gasteiger partial charge < -0.3 is 10.4 Å². The SMILES string of the molecule is CC(O)CNc1n[nH]c(=O)[nH]c1=O. The van der Waals surface area contributed by atoms with E-state index < -0.39 is 17.4 Å². The number of hydrogen-bond acceptors (Lipinski definition) is 5. The number of nitrogens with zero attached hydrogens (tertiary/aromatic N) is 1. The number of aromatic amines is 2. The van der Waals surface area contributed by atoms with Crippen molar-refractivity contribution < 1.29 is 5.11 Å². The molecule has 1 atom stereocenters. The number of H-pyrrole nitrogens is 2. The third-order valence-corrected chi connectivity index (χ3v) is 1.28. The van der Waals surface area contributed by atoms with E-state index in [9.17, 15) is 9.59 Å². The van der Waals surface area contributed by atoms with Gasteiger partial charge in [0.05, 0.1) is 6.10 Å². The maximum absolute atomic E-state index is 11.0. The van der Waals surface area contributed by atoms with Crippen LogP contribution in [0.3, 0.4) is 0 Å². The average molecular weight is 186 g/mol. The van der Waals surface area contributed by atoms with Crippen molar-refractivity contribution in [2.45, 2.75) is 13.0 Å². The fraction of sp³-hybridized carbons (Fsp3) is 0.500. The van der Waals surface area contributed by atoms with Gasteiger partial charge in [-0.05, 0) is 6.92 Å². The Hall–Kier alpha value is -1.63. The Morgan fingerprint density at radius 2 is 2.31 bits per heavy atom. The lowest BCUT2D eigenvalue weighted by Crippen LogP contribution is -2.29. The van der Waals surface area contributed by atoms with E-state index in [1.54, 1.807) is 6.92 Å². The monoisotopic (exact) mass is 186 g/mol. The lowest BCUT2D eigenvalue weighted by atomic mass is 10.4. The van der Waals surface area contributed by atoms with Crippen LogP contribution in [0.4, 0.5) is 5.82 Å². The van der Waals surface area contributed by atoms with Crippen LogP contribution in [0.1, 0.15) is 6.92 Å². The van der Waals surface area contributed by atoms with Gasteiger partial charge in [0, 0.05) is 6.54 Å². The summed E-state index contributed by atoms with van der Waals surface area (Å²) in [6.45, 7) is 1.76. The smallest absolute Gasteiger partial charge is 0.342 e. The highest BCUT2D eigenvalue weighted by molar-refractivity contribution is 5.28. The van der Waals surface area contributed by atoms with E-state index in [2.05, 4.69) is 15.5 Å². The van der Waals surface area contributed by atoms with Gasteiger partial charge >= 0.3 is 5.69 Å². The predicted molar refractivity (Wildman–Crippen MR) is 45.6 cm³/mol. The van der Waals surface area contributed by atoms with Gasteiger partial charge in [0.1, 0.15) is 0 Å². The van der Waals surface area contributed by atoms with E-state index in [-0.39, 0.29) is 12.4 Å². The van der Waals surface area contributed by atoms with E-state index >= 15 is 0 Å². The number of aromatic nitrogens is 3. The molecule has 0 aliphatic heterocycles. The summed E-state index contributed by atoms with van der Waals surface area (Å²) in [5.41, 5.74) is -1.27. The zero-order valence-electron chi connectivity index (χ0n) is 7.00. The molecule has 7 heteroatoms. The first-order chi connectivity index (χ1) is 6.09. The van der Waals surface area contributed by atoms with Crippen molar-refractivity contribution >= 4 is 5.82 Å². The summed E-state index contributed by atoms with van der Waals surface area (Å²) >= 11 is 0. The molecule has 0 aliphatic carbocycles. The second kappa shape index (κ2) is 3.85. The standard InChI is InChI=1S/C6H10N4O3/c1-3(11)2-7-4-5(12)8-6(13)10-9-4/h3,11H,2H2,1H3,(H,7,9)(H2,8,10,12,13). The number of nitrogens with one attached hydrogen (secondary N) is 3. The van der Waals surface area contributed by atoms with E-state index in [1.165, 1.54) is 0 Å². The van der Waals surface area contributed by atoms with Crippen molar-refractivity contribution in [2.24, 2.45) is 0 Å². The lowest BCUT2D eigenvalue weighted by molar-refractivity contribution is 0.208.